The normalized spacial score (nSPS) is 20.5. The van der Waals surface area contributed by atoms with Gasteiger partial charge < -0.3 is 9.47 Å². The molecular weight excluding hydrogens is 308 g/mol. The van der Waals surface area contributed by atoms with Gasteiger partial charge in [-0.25, -0.2) is 4.79 Å². The lowest BCUT2D eigenvalue weighted by Crippen LogP contribution is -2.38. The van der Waals surface area contributed by atoms with Crippen LogP contribution in [-0.2, 0) is 23.1 Å². The zero-order valence-corrected chi connectivity index (χ0v) is 13.6. The molecule has 0 amide bonds. The average molecular weight is 328 g/mol. The Hall–Kier alpha value is -2.44. The van der Waals surface area contributed by atoms with E-state index in [9.17, 15) is 9.59 Å². The summed E-state index contributed by atoms with van der Waals surface area (Å²) in [5.41, 5.74) is 1.24. The SMILES string of the molecule is C=C1C[C@@H](n2ccc(=O)n(C)c2=O)O[C@H]1COCc1ccccc1. The van der Waals surface area contributed by atoms with Crippen molar-refractivity contribution in [3.8, 4) is 0 Å². The van der Waals surface area contributed by atoms with Gasteiger partial charge in [-0.3, -0.25) is 13.9 Å². The molecule has 1 aliphatic rings. The summed E-state index contributed by atoms with van der Waals surface area (Å²) in [6, 6.07) is 11.2. The van der Waals surface area contributed by atoms with E-state index in [1.54, 1.807) is 0 Å². The van der Waals surface area contributed by atoms with Gasteiger partial charge in [-0.15, -0.1) is 0 Å². The maximum atomic E-state index is 12.2. The van der Waals surface area contributed by atoms with Gasteiger partial charge in [0, 0.05) is 25.7 Å². The summed E-state index contributed by atoms with van der Waals surface area (Å²) in [6.45, 7) is 4.90. The van der Waals surface area contributed by atoms with Crippen LogP contribution in [0.5, 0.6) is 0 Å². The van der Waals surface area contributed by atoms with Crippen molar-refractivity contribution in [2.45, 2.75) is 25.4 Å². The zero-order chi connectivity index (χ0) is 17.1. The molecule has 6 heteroatoms. The van der Waals surface area contributed by atoms with E-state index in [1.165, 1.54) is 23.9 Å². The van der Waals surface area contributed by atoms with Gasteiger partial charge in [-0.1, -0.05) is 36.9 Å². The molecule has 0 spiro atoms. The molecule has 0 aliphatic carbocycles. The summed E-state index contributed by atoms with van der Waals surface area (Å²) < 4.78 is 14.1. The first-order chi connectivity index (χ1) is 11.6. The maximum Gasteiger partial charge on any atom is 0.332 e. The van der Waals surface area contributed by atoms with Crippen LogP contribution in [0.4, 0.5) is 0 Å². The molecule has 2 atom stereocenters. The highest BCUT2D eigenvalue weighted by Crippen LogP contribution is 2.31. The van der Waals surface area contributed by atoms with E-state index < -0.39 is 11.9 Å². The van der Waals surface area contributed by atoms with Crippen molar-refractivity contribution in [3.05, 3.63) is 81.1 Å². The van der Waals surface area contributed by atoms with Crippen LogP contribution in [0.2, 0.25) is 0 Å². The largest absolute Gasteiger partial charge is 0.374 e. The quantitative estimate of drug-likeness (QED) is 0.782. The molecule has 0 N–H and O–H groups in total. The number of rotatable bonds is 5. The highest BCUT2D eigenvalue weighted by molar-refractivity contribution is 5.14. The predicted octanol–water partition coefficient (Wildman–Crippen LogP) is 1.61. The number of hydrogen-bond acceptors (Lipinski definition) is 4. The highest BCUT2D eigenvalue weighted by atomic mass is 16.6. The lowest BCUT2D eigenvalue weighted by atomic mass is 10.1. The van der Waals surface area contributed by atoms with Gasteiger partial charge in [0.1, 0.15) is 12.3 Å². The molecule has 6 nitrogen and oxygen atoms in total. The van der Waals surface area contributed by atoms with Gasteiger partial charge in [0.05, 0.1) is 13.2 Å². The average Bonchev–Trinajstić information content (AvgIpc) is 2.94. The second kappa shape index (κ2) is 6.98. The molecule has 0 radical (unpaired) electrons. The van der Waals surface area contributed by atoms with Crippen LogP contribution in [0.25, 0.3) is 0 Å². The van der Waals surface area contributed by atoms with E-state index in [1.807, 2.05) is 30.3 Å². The van der Waals surface area contributed by atoms with Crippen molar-refractivity contribution in [3.63, 3.8) is 0 Å². The fourth-order valence-corrected chi connectivity index (χ4v) is 2.68. The second-order valence-corrected chi connectivity index (χ2v) is 5.85. The number of nitrogens with zero attached hydrogens (tertiary/aromatic N) is 2. The summed E-state index contributed by atoms with van der Waals surface area (Å²) in [7, 11) is 1.45. The molecule has 1 aromatic carbocycles. The van der Waals surface area contributed by atoms with E-state index in [-0.39, 0.29) is 11.7 Å². The molecule has 1 aliphatic heterocycles. The third-order valence-electron chi connectivity index (χ3n) is 4.12. The molecule has 0 bridgehead atoms. The molecule has 0 unspecified atom stereocenters. The third kappa shape index (κ3) is 3.39. The lowest BCUT2D eigenvalue weighted by Gasteiger charge is -2.16. The standard InChI is InChI=1S/C18H20N2O4/c1-13-10-17(20-9-8-16(21)19(2)18(20)22)24-15(13)12-23-11-14-6-4-3-5-7-14/h3-9,15,17H,1,10-12H2,2H3/t15-,17-/m0/s1. The molecule has 0 saturated carbocycles. The van der Waals surface area contributed by atoms with E-state index in [0.717, 1.165) is 15.7 Å². The molecule has 126 valence electrons. The Bertz CT molecular complexity index is 838. The van der Waals surface area contributed by atoms with Crippen LogP contribution in [-0.4, -0.2) is 21.8 Å². The molecule has 1 saturated heterocycles. The Morgan fingerprint density at radius 2 is 2.00 bits per heavy atom. The molecule has 24 heavy (non-hydrogen) atoms. The monoisotopic (exact) mass is 328 g/mol. The van der Waals surface area contributed by atoms with Crippen molar-refractivity contribution in [2.75, 3.05) is 6.61 Å². The Balaban J connectivity index is 1.63. The van der Waals surface area contributed by atoms with Crippen LogP contribution < -0.4 is 11.2 Å². The summed E-state index contributed by atoms with van der Waals surface area (Å²) in [4.78, 5) is 23.7. The molecule has 3 rings (SSSR count). The smallest absolute Gasteiger partial charge is 0.332 e. The van der Waals surface area contributed by atoms with Crippen molar-refractivity contribution in [2.24, 2.45) is 7.05 Å². The Labute approximate surface area is 139 Å². The van der Waals surface area contributed by atoms with E-state index in [0.29, 0.717) is 19.6 Å². The first-order valence-corrected chi connectivity index (χ1v) is 7.79. The second-order valence-electron chi connectivity index (χ2n) is 5.85. The van der Waals surface area contributed by atoms with Crippen LogP contribution in [0.1, 0.15) is 18.2 Å². The Kier molecular flexibility index (Phi) is 4.78. The van der Waals surface area contributed by atoms with Crippen molar-refractivity contribution < 1.29 is 9.47 Å². The highest BCUT2D eigenvalue weighted by Gasteiger charge is 2.30. The topological polar surface area (TPSA) is 62.5 Å². The van der Waals surface area contributed by atoms with Gasteiger partial charge in [0.15, 0.2) is 0 Å². The Morgan fingerprint density at radius 1 is 1.25 bits per heavy atom. The lowest BCUT2D eigenvalue weighted by molar-refractivity contribution is -0.0404. The summed E-state index contributed by atoms with van der Waals surface area (Å²) in [6.07, 6.45) is 1.28. The minimum Gasteiger partial charge on any atom is -0.374 e. The van der Waals surface area contributed by atoms with E-state index in [2.05, 4.69) is 6.58 Å². The number of aromatic nitrogens is 2. The number of ether oxygens (including phenoxy) is 2. The van der Waals surface area contributed by atoms with Crippen LogP contribution in [0.3, 0.4) is 0 Å². The van der Waals surface area contributed by atoms with Crippen LogP contribution >= 0.6 is 0 Å². The fraction of sp³-hybridized carbons (Fsp3) is 0.333. The van der Waals surface area contributed by atoms with E-state index in [4.69, 9.17) is 9.47 Å². The maximum absolute atomic E-state index is 12.2. The summed E-state index contributed by atoms with van der Waals surface area (Å²) >= 11 is 0. The van der Waals surface area contributed by atoms with Gasteiger partial charge >= 0.3 is 5.69 Å². The first-order valence-electron chi connectivity index (χ1n) is 7.79. The number of benzene rings is 1. The van der Waals surface area contributed by atoms with E-state index >= 15 is 0 Å². The minimum atomic E-state index is -0.456. The van der Waals surface area contributed by atoms with Crippen molar-refractivity contribution >= 4 is 0 Å². The molecule has 2 heterocycles. The Morgan fingerprint density at radius 3 is 2.75 bits per heavy atom. The zero-order valence-electron chi connectivity index (χ0n) is 13.6. The third-order valence-corrected chi connectivity index (χ3v) is 4.12. The molecule has 1 aromatic heterocycles. The number of hydrogen-bond donors (Lipinski definition) is 0. The molecule has 2 aromatic rings. The summed E-state index contributed by atoms with van der Waals surface area (Å²) in [5, 5.41) is 0. The minimum absolute atomic E-state index is 0.261. The van der Waals surface area contributed by atoms with Crippen LogP contribution in [0.15, 0.2) is 64.3 Å². The van der Waals surface area contributed by atoms with Gasteiger partial charge in [-0.2, -0.15) is 0 Å². The summed E-state index contributed by atoms with van der Waals surface area (Å²) in [5.74, 6) is 0. The fourth-order valence-electron chi connectivity index (χ4n) is 2.68. The first kappa shape index (κ1) is 16.4. The predicted molar refractivity (Wildman–Crippen MR) is 89.7 cm³/mol. The van der Waals surface area contributed by atoms with Gasteiger partial charge in [-0.05, 0) is 11.1 Å². The van der Waals surface area contributed by atoms with Crippen LogP contribution in [0, 0.1) is 0 Å². The van der Waals surface area contributed by atoms with Gasteiger partial charge in [0.2, 0.25) is 0 Å². The van der Waals surface area contributed by atoms with Gasteiger partial charge in [0.25, 0.3) is 5.56 Å². The molecule has 1 fully saturated rings. The van der Waals surface area contributed by atoms with Crippen molar-refractivity contribution in [1.29, 1.82) is 0 Å². The molecular formula is C18H20N2O4. The van der Waals surface area contributed by atoms with Crippen molar-refractivity contribution in [1.82, 2.24) is 9.13 Å².